The standard InChI is InChI=1S/C11H6Cl3NO/c12-7-2-1-3-8(13)11(7)6-4-9(14)15-10(16)5-6/h1-5H,(H,15,16). The molecule has 5 heteroatoms. The zero-order valence-corrected chi connectivity index (χ0v) is 10.2. The van der Waals surface area contributed by atoms with Crippen LogP contribution in [-0.2, 0) is 0 Å². The molecule has 1 aromatic carbocycles. The third-order valence-electron chi connectivity index (χ3n) is 2.06. The van der Waals surface area contributed by atoms with Crippen molar-refractivity contribution in [1.29, 1.82) is 0 Å². The molecular formula is C11H6Cl3NO. The Morgan fingerprint density at radius 2 is 1.62 bits per heavy atom. The third-order valence-corrected chi connectivity index (χ3v) is 2.90. The predicted octanol–water partition coefficient (Wildman–Crippen LogP) is 4.00. The average molecular weight is 275 g/mol. The van der Waals surface area contributed by atoms with Crippen LogP contribution in [0.1, 0.15) is 0 Å². The molecule has 0 aliphatic rings. The topological polar surface area (TPSA) is 32.9 Å². The van der Waals surface area contributed by atoms with Crippen LogP contribution in [0.25, 0.3) is 11.1 Å². The summed E-state index contributed by atoms with van der Waals surface area (Å²) < 4.78 is 0. The molecule has 2 nitrogen and oxygen atoms in total. The highest BCUT2D eigenvalue weighted by atomic mass is 35.5. The number of hydrogen-bond acceptors (Lipinski definition) is 1. The van der Waals surface area contributed by atoms with Crippen molar-refractivity contribution in [3.63, 3.8) is 0 Å². The van der Waals surface area contributed by atoms with Crippen molar-refractivity contribution in [2.24, 2.45) is 0 Å². The van der Waals surface area contributed by atoms with Gasteiger partial charge in [-0.1, -0.05) is 40.9 Å². The van der Waals surface area contributed by atoms with Crippen LogP contribution in [0.4, 0.5) is 0 Å². The second kappa shape index (κ2) is 4.50. The first-order valence-corrected chi connectivity index (χ1v) is 5.55. The summed E-state index contributed by atoms with van der Waals surface area (Å²) in [7, 11) is 0. The molecule has 0 spiro atoms. The molecule has 82 valence electrons. The maximum Gasteiger partial charge on any atom is 0.249 e. The largest absolute Gasteiger partial charge is 0.313 e. The molecule has 0 unspecified atom stereocenters. The number of halogens is 3. The van der Waals surface area contributed by atoms with Gasteiger partial charge in [-0.3, -0.25) is 4.79 Å². The molecule has 1 heterocycles. The highest BCUT2D eigenvalue weighted by Gasteiger charge is 2.09. The highest BCUT2D eigenvalue weighted by molar-refractivity contribution is 6.39. The maximum absolute atomic E-state index is 11.3. The van der Waals surface area contributed by atoms with Gasteiger partial charge in [0.15, 0.2) is 0 Å². The fraction of sp³-hybridized carbons (Fsp3) is 0. The number of rotatable bonds is 1. The van der Waals surface area contributed by atoms with Crippen molar-refractivity contribution in [2.75, 3.05) is 0 Å². The molecule has 2 rings (SSSR count). The van der Waals surface area contributed by atoms with E-state index < -0.39 is 0 Å². The normalized spacial score (nSPS) is 10.4. The van der Waals surface area contributed by atoms with Crippen molar-refractivity contribution in [2.45, 2.75) is 0 Å². The zero-order chi connectivity index (χ0) is 11.7. The molecule has 1 aromatic heterocycles. The summed E-state index contributed by atoms with van der Waals surface area (Å²) in [5.41, 5.74) is 0.918. The molecule has 0 amide bonds. The van der Waals surface area contributed by atoms with Crippen LogP contribution in [0, 0.1) is 0 Å². The van der Waals surface area contributed by atoms with Crippen molar-refractivity contribution < 1.29 is 0 Å². The van der Waals surface area contributed by atoms with Gasteiger partial charge in [-0.25, -0.2) is 0 Å². The monoisotopic (exact) mass is 273 g/mol. The minimum absolute atomic E-state index is 0.249. The van der Waals surface area contributed by atoms with Gasteiger partial charge < -0.3 is 4.98 Å². The Morgan fingerprint density at radius 3 is 2.19 bits per heavy atom. The molecule has 1 N–H and O–H groups in total. The van der Waals surface area contributed by atoms with Gasteiger partial charge in [-0.15, -0.1) is 0 Å². The van der Waals surface area contributed by atoms with Gasteiger partial charge in [0.05, 0.1) is 0 Å². The SMILES string of the molecule is O=c1cc(-c2c(Cl)cccc2Cl)cc(Cl)[nH]1. The summed E-state index contributed by atoms with van der Waals surface area (Å²) in [4.78, 5) is 13.7. The van der Waals surface area contributed by atoms with Crippen molar-refractivity contribution in [3.8, 4) is 11.1 Å². The van der Waals surface area contributed by atoms with E-state index in [-0.39, 0.29) is 10.7 Å². The van der Waals surface area contributed by atoms with E-state index in [1.807, 2.05) is 0 Å². The van der Waals surface area contributed by atoms with Gasteiger partial charge in [0.25, 0.3) is 0 Å². The van der Waals surface area contributed by atoms with Gasteiger partial charge in [-0.2, -0.15) is 0 Å². The first-order valence-electron chi connectivity index (χ1n) is 4.42. The lowest BCUT2D eigenvalue weighted by atomic mass is 10.1. The molecule has 0 bridgehead atoms. The number of aromatic nitrogens is 1. The summed E-state index contributed by atoms with van der Waals surface area (Å²) in [5.74, 6) is 0. The van der Waals surface area contributed by atoms with E-state index in [1.165, 1.54) is 6.07 Å². The molecule has 2 aromatic rings. The summed E-state index contributed by atoms with van der Waals surface area (Å²) in [6, 6.07) is 8.16. The number of benzene rings is 1. The third kappa shape index (κ3) is 2.24. The Bertz CT molecular complexity index is 572. The smallest absolute Gasteiger partial charge is 0.249 e. The Kier molecular flexibility index (Phi) is 3.24. The molecule has 0 aliphatic heterocycles. The van der Waals surface area contributed by atoms with Crippen LogP contribution in [0.3, 0.4) is 0 Å². The Balaban J connectivity index is 2.72. The quantitative estimate of drug-likeness (QED) is 0.783. The van der Waals surface area contributed by atoms with Crippen LogP contribution in [-0.4, -0.2) is 4.98 Å². The molecule has 0 saturated heterocycles. The Labute approximate surface area is 107 Å². The molecular weight excluding hydrogens is 268 g/mol. The number of pyridine rings is 1. The lowest BCUT2D eigenvalue weighted by molar-refractivity contribution is 1.24. The second-order valence-corrected chi connectivity index (χ2v) is 4.40. The van der Waals surface area contributed by atoms with Gasteiger partial charge in [0.2, 0.25) is 5.56 Å². The van der Waals surface area contributed by atoms with Crippen LogP contribution in [0.5, 0.6) is 0 Å². The summed E-state index contributed by atoms with van der Waals surface area (Å²) in [6.07, 6.45) is 0. The minimum atomic E-state index is -0.293. The minimum Gasteiger partial charge on any atom is -0.313 e. The van der Waals surface area contributed by atoms with Gasteiger partial charge in [-0.05, 0) is 23.8 Å². The zero-order valence-electron chi connectivity index (χ0n) is 7.93. The summed E-state index contributed by atoms with van der Waals surface area (Å²) >= 11 is 17.8. The van der Waals surface area contributed by atoms with Crippen molar-refractivity contribution in [1.82, 2.24) is 4.98 Å². The second-order valence-electron chi connectivity index (χ2n) is 3.18. The first-order chi connectivity index (χ1) is 7.58. The van der Waals surface area contributed by atoms with E-state index in [0.717, 1.165) is 0 Å². The van der Waals surface area contributed by atoms with Gasteiger partial charge in [0.1, 0.15) is 5.15 Å². The van der Waals surface area contributed by atoms with E-state index in [4.69, 9.17) is 34.8 Å². The number of nitrogens with one attached hydrogen (secondary N) is 1. The summed E-state index contributed by atoms with van der Waals surface area (Å²) in [6.45, 7) is 0. The molecule has 0 saturated carbocycles. The van der Waals surface area contributed by atoms with Crippen LogP contribution >= 0.6 is 34.8 Å². The molecule has 16 heavy (non-hydrogen) atoms. The Morgan fingerprint density at radius 1 is 1.00 bits per heavy atom. The van der Waals surface area contributed by atoms with E-state index in [1.54, 1.807) is 24.3 Å². The number of aromatic amines is 1. The van der Waals surface area contributed by atoms with E-state index >= 15 is 0 Å². The van der Waals surface area contributed by atoms with E-state index in [0.29, 0.717) is 21.2 Å². The predicted molar refractivity (Wildman–Crippen MR) is 67.5 cm³/mol. The van der Waals surface area contributed by atoms with Crippen LogP contribution < -0.4 is 5.56 Å². The molecule has 0 radical (unpaired) electrons. The lowest BCUT2D eigenvalue weighted by Crippen LogP contribution is -2.04. The van der Waals surface area contributed by atoms with Crippen molar-refractivity contribution in [3.05, 3.63) is 55.9 Å². The van der Waals surface area contributed by atoms with Gasteiger partial charge >= 0.3 is 0 Å². The highest BCUT2D eigenvalue weighted by Crippen LogP contribution is 2.34. The van der Waals surface area contributed by atoms with Gasteiger partial charge in [0, 0.05) is 21.7 Å². The van der Waals surface area contributed by atoms with Crippen molar-refractivity contribution >= 4 is 34.8 Å². The first kappa shape index (κ1) is 11.5. The maximum atomic E-state index is 11.3. The molecule has 0 fully saturated rings. The number of hydrogen-bond donors (Lipinski definition) is 1. The Hall–Kier alpha value is -0.960. The summed E-state index contributed by atoms with van der Waals surface area (Å²) in [5, 5.41) is 1.21. The lowest BCUT2D eigenvalue weighted by Gasteiger charge is -2.06. The molecule has 0 atom stereocenters. The number of H-pyrrole nitrogens is 1. The fourth-order valence-electron chi connectivity index (χ4n) is 1.43. The van der Waals surface area contributed by atoms with Crippen LogP contribution in [0.2, 0.25) is 15.2 Å². The fourth-order valence-corrected chi connectivity index (χ4v) is 2.25. The average Bonchev–Trinajstić information content (AvgIpc) is 2.15. The molecule has 0 aliphatic carbocycles. The van der Waals surface area contributed by atoms with Crippen LogP contribution in [0.15, 0.2) is 35.1 Å². The van der Waals surface area contributed by atoms with E-state index in [9.17, 15) is 4.79 Å². The van der Waals surface area contributed by atoms with E-state index in [2.05, 4.69) is 4.98 Å².